The number of carbonyl (C=O) groups is 2. The Kier molecular flexibility index (Phi) is 7.68. The molecule has 0 spiro atoms. The maximum absolute atomic E-state index is 12.3. The van der Waals surface area contributed by atoms with E-state index in [0.717, 1.165) is 36.5 Å². The van der Waals surface area contributed by atoms with Crippen molar-refractivity contribution in [3.63, 3.8) is 0 Å². The zero-order valence-corrected chi connectivity index (χ0v) is 16.7. The summed E-state index contributed by atoms with van der Waals surface area (Å²) in [5.41, 5.74) is 0. The van der Waals surface area contributed by atoms with Crippen molar-refractivity contribution in [1.82, 2.24) is 14.8 Å². The molecular formula is C18H27BrN4O2. The van der Waals surface area contributed by atoms with Crippen LogP contribution in [0.5, 0.6) is 0 Å². The summed E-state index contributed by atoms with van der Waals surface area (Å²) >= 11 is 3.39. The van der Waals surface area contributed by atoms with Gasteiger partial charge in [-0.3, -0.25) is 9.59 Å². The molecular weight excluding hydrogens is 384 g/mol. The Balaban J connectivity index is 1.72. The van der Waals surface area contributed by atoms with E-state index >= 15 is 0 Å². The number of nitrogens with zero attached hydrogens (tertiary/aromatic N) is 4. The molecule has 1 aromatic rings. The van der Waals surface area contributed by atoms with Crippen LogP contribution in [0.15, 0.2) is 22.8 Å². The average Bonchev–Trinajstić information content (AvgIpc) is 2.63. The molecule has 1 aliphatic heterocycles. The molecule has 0 N–H and O–H groups in total. The highest BCUT2D eigenvalue weighted by molar-refractivity contribution is 9.10. The molecule has 0 atom stereocenters. The number of halogens is 1. The van der Waals surface area contributed by atoms with Gasteiger partial charge in [-0.2, -0.15) is 0 Å². The smallest absolute Gasteiger partial charge is 0.222 e. The summed E-state index contributed by atoms with van der Waals surface area (Å²) in [5.74, 6) is 1.24. The number of rotatable bonds is 7. The van der Waals surface area contributed by atoms with Gasteiger partial charge < -0.3 is 14.7 Å². The van der Waals surface area contributed by atoms with E-state index < -0.39 is 0 Å². The van der Waals surface area contributed by atoms with Gasteiger partial charge in [-0.05, 0) is 48.3 Å². The van der Waals surface area contributed by atoms with Gasteiger partial charge in [0.25, 0.3) is 0 Å². The van der Waals surface area contributed by atoms with Crippen LogP contribution in [0.3, 0.4) is 0 Å². The van der Waals surface area contributed by atoms with Gasteiger partial charge in [-0.25, -0.2) is 4.98 Å². The zero-order valence-electron chi connectivity index (χ0n) is 15.1. The van der Waals surface area contributed by atoms with E-state index in [0.29, 0.717) is 32.4 Å². The third-order valence-electron chi connectivity index (χ3n) is 4.57. The summed E-state index contributed by atoms with van der Waals surface area (Å²) in [5, 5.41) is 0. The Morgan fingerprint density at radius 2 is 1.80 bits per heavy atom. The van der Waals surface area contributed by atoms with Gasteiger partial charge >= 0.3 is 0 Å². The molecule has 0 radical (unpaired) electrons. The van der Waals surface area contributed by atoms with Crippen molar-refractivity contribution in [2.24, 2.45) is 0 Å². The second-order valence-electron chi connectivity index (χ2n) is 6.12. The predicted molar refractivity (Wildman–Crippen MR) is 103 cm³/mol. The minimum absolute atomic E-state index is 0.143. The van der Waals surface area contributed by atoms with Crippen LogP contribution in [0, 0.1) is 0 Å². The van der Waals surface area contributed by atoms with Crippen molar-refractivity contribution in [2.75, 3.05) is 44.2 Å². The Morgan fingerprint density at radius 3 is 2.36 bits per heavy atom. The Labute approximate surface area is 158 Å². The number of carbonyl (C=O) groups excluding carboxylic acids is 2. The quantitative estimate of drug-likeness (QED) is 0.692. The predicted octanol–water partition coefficient (Wildman–Crippen LogP) is 2.53. The average molecular weight is 411 g/mol. The summed E-state index contributed by atoms with van der Waals surface area (Å²) < 4.78 is 0.962. The molecule has 7 heteroatoms. The number of pyridine rings is 1. The second-order valence-corrected chi connectivity index (χ2v) is 7.04. The van der Waals surface area contributed by atoms with E-state index in [1.54, 1.807) is 6.20 Å². The largest absolute Gasteiger partial charge is 0.353 e. The molecule has 2 rings (SSSR count). The molecule has 2 heterocycles. The van der Waals surface area contributed by atoms with Gasteiger partial charge in [-0.15, -0.1) is 0 Å². The van der Waals surface area contributed by atoms with Crippen LogP contribution in [0.2, 0.25) is 0 Å². The van der Waals surface area contributed by atoms with Gasteiger partial charge in [0.2, 0.25) is 11.8 Å². The van der Waals surface area contributed by atoms with Gasteiger partial charge in [0.15, 0.2) is 0 Å². The van der Waals surface area contributed by atoms with E-state index in [1.165, 1.54) is 0 Å². The van der Waals surface area contributed by atoms with Gasteiger partial charge in [-0.1, -0.05) is 0 Å². The SMILES string of the molecule is CCN(CC)C(=O)CCCC(=O)N1CCN(c2ccc(Br)cn2)CC1. The third-order valence-corrected chi connectivity index (χ3v) is 5.03. The minimum Gasteiger partial charge on any atom is -0.353 e. The standard InChI is InChI=1S/C18H27BrN4O2/c1-3-21(4-2)17(24)6-5-7-18(25)23-12-10-22(11-13-23)16-9-8-15(19)14-20-16/h8-9,14H,3-7,10-13H2,1-2H3. The molecule has 0 unspecified atom stereocenters. The van der Waals surface area contributed by atoms with Crippen LogP contribution in [-0.2, 0) is 9.59 Å². The topological polar surface area (TPSA) is 56.8 Å². The first kappa shape index (κ1) is 19.7. The van der Waals surface area contributed by atoms with Crippen LogP contribution in [0.1, 0.15) is 33.1 Å². The van der Waals surface area contributed by atoms with Crippen molar-refractivity contribution in [3.05, 3.63) is 22.8 Å². The Bertz CT molecular complexity index is 567. The van der Waals surface area contributed by atoms with Crippen molar-refractivity contribution >= 4 is 33.6 Å². The maximum atomic E-state index is 12.3. The summed E-state index contributed by atoms with van der Waals surface area (Å²) in [6, 6.07) is 3.97. The zero-order chi connectivity index (χ0) is 18.2. The van der Waals surface area contributed by atoms with Crippen molar-refractivity contribution in [1.29, 1.82) is 0 Å². The fourth-order valence-corrected chi connectivity index (χ4v) is 3.26. The molecule has 0 bridgehead atoms. The van der Waals surface area contributed by atoms with Gasteiger partial charge in [0.1, 0.15) is 5.82 Å². The first-order valence-corrected chi connectivity index (χ1v) is 9.76. The summed E-state index contributed by atoms with van der Waals surface area (Å²) in [7, 11) is 0. The number of hydrogen-bond donors (Lipinski definition) is 0. The molecule has 1 aliphatic rings. The normalized spacial score (nSPS) is 14.5. The lowest BCUT2D eigenvalue weighted by atomic mass is 10.2. The van der Waals surface area contributed by atoms with Crippen LogP contribution in [-0.4, -0.2) is 65.9 Å². The molecule has 25 heavy (non-hydrogen) atoms. The summed E-state index contributed by atoms with van der Waals surface area (Å²) in [6.07, 6.45) is 3.32. The first-order valence-electron chi connectivity index (χ1n) is 8.97. The van der Waals surface area contributed by atoms with Crippen molar-refractivity contribution in [2.45, 2.75) is 33.1 Å². The number of aromatic nitrogens is 1. The van der Waals surface area contributed by atoms with E-state index in [-0.39, 0.29) is 11.8 Å². The molecule has 1 aromatic heterocycles. The second kappa shape index (κ2) is 9.75. The molecule has 2 amide bonds. The maximum Gasteiger partial charge on any atom is 0.222 e. The number of anilines is 1. The molecule has 0 saturated carbocycles. The van der Waals surface area contributed by atoms with E-state index in [9.17, 15) is 9.59 Å². The van der Waals surface area contributed by atoms with Crippen LogP contribution >= 0.6 is 15.9 Å². The number of amides is 2. The Morgan fingerprint density at radius 1 is 1.12 bits per heavy atom. The van der Waals surface area contributed by atoms with Crippen molar-refractivity contribution < 1.29 is 9.59 Å². The third kappa shape index (κ3) is 5.70. The van der Waals surface area contributed by atoms with E-state index in [1.807, 2.05) is 35.8 Å². The van der Waals surface area contributed by atoms with Gasteiger partial charge in [0, 0.05) is 62.8 Å². The van der Waals surface area contributed by atoms with Crippen LogP contribution < -0.4 is 4.90 Å². The van der Waals surface area contributed by atoms with E-state index in [4.69, 9.17) is 0 Å². The fraction of sp³-hybridized carbons (Fsp3) is 0.611. The monoisotopic (exact) mass is 410 g/mol. The lowest BCUT2D eigenvalue weighted by Crippen LogP contribution is -2.49. The highest BCUT2D eigenvalue weighted by atomic mass is 79.9. The number of piperazine rings is 1. The van der Waals surface area contributed by atoms with Crippen molar-refractivity contribution in [3.8, 4) is 0 Å². The van der Waals surface area contributed by atoms with Crippen LogP contribution in [0.25, 0.3) is 0 Å². The van der Waals surface area contributed by atoms with Gasteiger partial charge in [0.05, 0.1) is 0 Å². The summed E-state index contributed by atoms with van der Waals surface area (Å²) in [6.45, 7) is 8.42. The van der Waals surface area contributed by atoms with E-state index in [2.05, 4.69) is 25.8 Å². The molecule has 0 aromatic carbocycles. The van der Waals surface area contributed by atoms with Crippen LogP contribution in [0.4, 0.5) is 5.82 Å². The minimum atomic E-state index is 0.143. The molecule has 138 valence electrons. The molecule has 1 saturated heterocycles. The molecule has 0 aliphatic carbocycles. The highest BCUT2D eigenvalue weighted by Gasteiger charge is 2.22. The lowest BCUT2D eigenvalue weighted by molar-refractivity contribution is -0.132. The lowest BCUT2D eigenvalue weighted by Gasteiger charge is -2.35. The molecule has 1 fully saturated rings. The number of hydrogen-bond acceptors (Lipinski definition) is 4. The highest BCUT2D eigenvalue weighted by Crippen LogP contribution is 2.17. The first-order chi connectivity index (χ1) is 12.0. The Hall–Kier alpha value is -1.63. The summed E-state index contributed by atoms with van der Waals surface area (Å²) in [4.78, 5) is 34.6. The molecule has 6 nitrogen and oxygen atoms in total. The fourth-order valence-electron chi connectivity index (χ4n) is 3.02.